The monoisotopic (exact) mass is 371 g/mol. The fourth-order valence-corrected chi connectivity index (χ4v) is 3.60. The number of hydrogen-bond acceptors (Lipinski definition) is 3. The molecule has 1 saturated heterocycles. The van der Waals surface area contributed by atoms with E-state index in [9.17, 15) is 9.59 Å². The second-order valence-electron chi connectivity index (χ2n) is 6.88. The van der Waals surface area contributed by atoms with Crippen LogP contribution < -0.4 is 10.6 Å². The van der Waals surface area contributed by atoms with E-state index in [4.69, 9.17) is 0 Å². The van der Waals surface area contributed by atoms with Crippen molar-refractivity contribution in [1.29, 1.82) is 0 Å². The van der Waals surface area contributed by atoms with Crippen LogP contribution in [0.4, 0.5) is 4.79 Å². The molecule has 27 heavy (non-hydrogen) atoms. The van der Waals surface area contributed by atoms with Crippen molar-refractivity contribution in [1.82, 2.24) is 25.4 Å². The quantitative estimate of drug-likeness (QED) is 0.721. The maximum absolute atomic E-state index is 13.2. The molecule has 1 atom stereocenters. The number of likely N-dealkylation sites (N-methyl/N-ethyl adjacent to an activating group) is 1. The number of piperazine rings is 1. The first-order valence-electron chi connectivity index (χ1n) is 9.72. The third-order valence-electron chi connectivity index (χ3n) is 5.17. The van der Waals surface area contributed by atoms with Crippen LogP contribution in [0.1, 0.15) is 19.4 Å². The molecule has 1 aliphatic heterocycles. The van der Waals surface area contributed by atoms with Gasteiger partial charge in [-0.1, -0.05) is 25.1 Å². The van der Waals surface area contributed by atoms with E-state index in [0.717, 1.165) is 36.1 Å². The van der Waals surface area contributed by atoms with E-state index in [0.29, 0.717) is 26.1 Å². The van der Waals surface area contributed by atoms with E-state index in [1.165, 1.54) is 0 Å². The average Bonchev–Trinajstić information content (AvgIpc) is 3.10. The topological polar surface area (TPSA) is 80.5 Å². The van der Waals surface area contributed by atoms with E-state index in [1.54, 1.807) is 0 Å². The summed E-state index contributed by atoms with van der Waals surface area (Å²) in [4.78, 5) is 32.7. The fraction of sp³-hybridized carbons (Fsp3) is 0.500. The van der Waals surface area contributed by atoms with Gasteiger partial charge in [0.25, 0.3) is 0 Å². The number of aromatic amines is 1. The summed E-state index contributed by atoms with van der Waals surface area (Å²) in [7, 11) is 0. The van der Waals surface area contributed by atoms with Crippen molar-refractivity contribution in [2.45, 2.75) is 26.3 Å². The largest absolute Gasteiger partial charge is 0.361 e. The summed E-state index contributed by atoms with van der Waals surface area (Å²) in [6, 6.07) is 7.13. The number of hydrogen-bond donors (Lipinski definition) is 3. The van der Waals surface area contributed by atoms with Gasteiger partial charge < -0.3 is 25.4 Å². The lowest BCUT2D eigenvalue weighted by Crippen LogP contribution is -2.56. The molecule has 0 spiro atoms. The summed E-state index contributed by atoms with van der Waals surface area (Å²) in [5.41, 5.74) is 2.07. The van der Waals surface area contributed by atoms with Crippen LogP contribution in [0.15, 0.2) is 30.5 Å². The highest BCUT2D eigenvalue weighted by Crippen LogP contribution is 2.20. The van der Waals surface area contributed by atoms with Crippen LogP contribution in [0.5, 0.6) is 0 Å². The van der Waals surface area contributed by atoms with Crippen molar-refractivity contribution in [3.63, 3.8) is 0 Å². The van der Waals surface area contributed by atoms with Crippen LogP contribution in [-0.2, 0) is 11.2 Å². The lowest BCUT2D eigenvalue weighted by Gasteiger charge is -2.36. The predicted octanol–water partition coefficient (Wildman–Crippen LogP) is 1.56. The molecule has 0 radical (unpaired) electrons. The van der Waals surface area contributed by atoms with Gasteiger partial charge in [0, 0.05) is 56.2 Å². The van der Waals surface area contributed by atoms with Crippen molar-refractivity contribution in [3.8, 4) is 0 Å². The van der Waals surface area contributed by atoms with Gasteiger partial charge in [-0.3, -0.25) is 4.79 Å². The number of aromatic nitrogens is 1. The fourth-order valence-electron chi connectivity index (χ4n) is 3.60. The third-order valence-corrected chi connectivity index (χ3v) is 5.17. The van der Waals surface area contributed by atoms with Gasteiger partial charge in [-0.15, -0.1) is 0 Å². The molecule has 0 bridgehead atoms. The molecule has 1 aliphatic rings. The van der Waals surface area contributed by atoms with E-state index in [2.05, 4.69) is 27.4 Å². The molecular weight excluding hydrogens is 342 g/mol. The second kappa shape index (κ2) is 8.90. The highest BCUT2D eigenvalue weighted by atomic mass is 16.2. The first-order valence-corrected chi connectivity index (χ1v) is 9.72. The van der Waals surface area contributed by atoms with E-state index >= 15 is 0 Å². The standard InChI is InChI=1S/C20H29N5O2/c1-3-21-20(27)23-18(19(26)25-11-9-24(4-2)10-12-25)13-15-14-22-17-8-6-5-7-16(15)17/h5-8,14,18,22H,3-4,9-13H2,1-2H3,(H2,21,23,27). The Kier molecular flexibility index (Phi) is 6.34. The number of H-pyrrole nitrogens is 1. The number of nitrogens with one attached hydrogen (secondary N) is 3. The van der Waals surface area contributed by atoms with Gasteiger partial charge in [-0.05, 0) is 25.1 Å². The molecule has 7 heteroatoms. The Balaban J connectivity index is 1.76. The number of carbonyl (C=O) groups excluding carboxylic acids is 2. The predicted molar refractivity (Wildman–Crippen MR) is 107 cm³/mol. The van der Waals surface area contributed by atoms with Gasteiger partial charge in [0.2, 0.25) is 5.91 Å². The van der Waals surface area contributed by atoms with E-state index in [1.807, 2.05) is 42.3 Å². The minimum atomic E-state index is -0.580. The van der Waals surface area contributed by atoms with Gasteiger partial charge in [0.1, 0.15) is 6.04 Å². The summed E-state index contributed by atoms with van der Waals surface area (Å²) in [5, 5.41) is 6.69. The molecule has 0 saturated carbocycles. The first kappa shape index (κ1) is 19.2. The zero-order chi connectivity index (χ0) is 19.2. The molecule has 2 heterocycles. The molecule has 1 unspecified atom stereocenters. The lowest BCUT2D eigenvalue weighted by atomic mass is 10.0. The van der Waals surface area contributed by atoms with Gasteiger partial charge in [0.15, 0.2) is 0 Å². The highest BCUT2D eigenvalue weighted by molar-refractivity contribution is 5.89. The molecule has 3 N–H and O–H groups in total. The molecule has 0 aliphatic carbocycles. The number of carbonyl (C=O) groups is 2. The first-order chi connectivity index (χ1) is 13.1. The maximum Gasteiger partial charge on any atom is 0.315 e. The summed E-state index contributed by atoms with van der Waals surface area (Å²) in [6.45, 7) is 8.68. The molecule has 2 aromatic rings. The summed E-state index contributed by atoms with van der Waals surface area (Å²) in [5.74, 6) is -0.0118. The van der Waals surface area contributed by atoms with Gasteiger partial charge in [-0.2, -0.15) is 0 Å². The van der Waals surface area contributed by atoms with Crippen molar-refractivity contribution >= 4 is 22.8 Å². The van der Waals surface area contributed by atoms with Crippen molar-refractivity contribution in [2.75, 3.05) is 39.3 Å². The molecule has 146 valence electrons. The molecular formula is C20H29N5O2. The van der Waals surface area contributed by atoms with Crippen LogP contribution in [0, 0.1) is 0 Å². The highest BCUT2D eigenvalue weighted by Gasteiger charge is 2.29. The molecule has 1 fully saturated rings. The number of nitrogens with zero attached hydrogens (tertiary/aromatic N) is 2. The zero-order valence-electron chi connectivity index (χ0n) is 16.1. The van der Waals surface area contributed by atoms with Crippen molar-refractivity contribution in [3.05, 3.63) is 36.0 Å². The molecule has 3 amide bonds. The zero-order valence-corrected chi connectivity index (χ0v) is 16.1. The number of fused-ring (bicyclic) bond motifs is 1. The number of rotatable bonds is 6. The minimum Gasteiger partial charge on any atom is -0.361 e. The Hall–Kier alpha value is -2.54. The normalized spacial score (nSPS) is 16.3. The molecule has 1 aromatic carbocycles. The van der Waals surface area contributed by atoms with Crippen LogP contribution >= 0.6 is 0 Å². The Labute approximate surface area is 160 Å². The van der Waals surface area contributed by atoms with Crippen LogP contribution in [0.2, 0.25) is 0 Å². The van der Waals surface area contributed by atoms with E-state index < -0.39 is 6.04 Å². The second-order valence-corrected chi connectivity index (χ2v) is 6.88. The van der Waals surface area contributed by atoms with Gasteiger partial charge >= 0.3 is 6.03 Å². The van der Waals surface area contributed by atoms with Crippen LogP contribution in [-0.4, -0.2) is 72.0 Å². The number of urea groups is 1. The SMILES string of the molecule is CCNC(=O)NC(Cc1c[nH]c2ccccc12)C(=O)N1CCN(CC)CC1. The molecule has 3 rings (SSSR count). The summed E-state index contributed by atoms with van der Waals surface area (Å²) in [6.07, 6.45) is 2.40. The Morgan fingerprint density at radius 3 is 2.59 bits per heavy atom. The number of para-hydroxylation sites is 1. The lowest BCUT2D eigenvalue weighted by molar-refractivity contribution is -0.134. The number of benzene rings is 1. The smallest absolute Gasteiger partial charge is 0.315 e. The summed E-state index contributed by atoms with van der Waals surface area (Å²) >= 11 is 0. The Morgan fingerprint density at radius 2 is 1.89 bits per heavy atom. The Bertz CT molecular complexity index is 780. The van der Waals surface area contributed by atoms with Crippen molar-refractivity contribution in [2.24, 2.45) is 0 Å². The van der Waals surface area contributed by atoms with Crippen LogP contribution in [0.25, 0.3) is 10.9 Å². The number of amides is 3. The van der Waals surface area contributed by atoms with E-state index in [-0.39, 0.29) is 11.9 Å². The Morgan fingerprint density at radius 1 is 1.15 bits per heavy atom. The van der Waals surface area contributed by atoms with Crippen molar-refractivity contribution < 1.29 is 9.59 Å². The third kappa shape index (κ3) is 4.60. The summed E-state index contributed by atoms with van der Waals surface area (Å²) < 4.78 is 0. The minimum absolute atomic E-state index is 0.0118. The van der Waals surface area contributed by atoms with Gasteiger partial charge in [0.05, 0.1) is 0 Å². The maximum atomic E-state index is 13.2. The van der Waals surface area contributed by atoms with Crippen LogP contribution in [0.3, 0.4) is 0 Å². The molecule has 7 nitrogen and oxygen atoms in total. The van der Waals surface area contributed by atoms with Gasteiger partial charge in [-0.25, -0.2) is 4.79 Å². The average molecular weight is 371 g/mol. The molecule has 1 aromatic heterocycles.